The maximum atomic E-state index is 14.1. The predicted octanol–water partition coefficient (Wildman–Crippen LogP) is 7.74. The van der Waals surface area contributed by atoms with Gasteiger partial charge < -0.3 is 5.32 Å². The van der Waals surface area contributed by atoms with Gasteiger partial charge in [-0.3, -0.25) is 14.6 Å². The van der Waals surface area contributed by atoms with Crippen LogP contribution < -0.4 is 5.32 Å². The summed E-state index contributed by atoms with van der Waals surface area (Å²) in [6.07, 6.45) is 1.18. The summed E-state index contributed by atoms with van der Waals surface area (Å²) in [6.45, 7) is 0. The first-order valence-electron chi connectivity index (χ1n) is 9.74. The third-order valence-electron chi connectivity index (χ3n) is 5.33. The summed E-state index contributed by atoms with van der Waals surface area (Å²) < 4.78 is 13.4. The molecule has 4 rings (SSSR count). The van der Waals surface area contributed by atoms with Gasteiger partial charge >= 0.3 is 0 Å². The lowest BCUT2D eigenvalue weighted by Crippen LogP contribution is -2.17. The van der Waals surface area contributed by atoms with Crippen molar-refractivity contribution in [1.82, 2.24) is 4.98 Å². The zero-order valence-electron chi connectivity index (χ0n) is 16.9. The van der Waals surface area contributed by atoms with E-state index >= 15 is 0 Å². The van der Waals surface area contributed by atoms with Crippen molar-refractivity contribution < 1.29 is 14.0 Å². The first-order valence-corrected chi connectivity index (χ1v) is 12.7. The van der Waals surface area contributed by atoms with E-state index in [-0.39, 0.29) is 22.7 Å². The average Bonchev–Trinajstić information content (AvgIpc) is 3.33. The van der Waals surface area contributed by atoms with Gasteiger partial charge in [-0.2, -0.15) is 0 Å². The average molecular weight is 673 g/mol. The van der Waals surface area contributed by atoms with Crippen LogP contribution in [0.25, 0.3) is 0 Å². The Morgan fingerprint density at radius 1 is 1.06 bits per heavy atom. The van der Waals surface area contributed by atoms with Crippen LogP contribution in [0.5, 0.6) is 0 Å². The number of benzene rings is 2. The second-order valence-electron chi connectivity index (χ2n) is 7.70. The van der Waals surface area contributed by atoms with Crippen LogP contribution in [-0.2, 0) is 11.2 Å². The Balaban J connectivity index is 1.52. The lowest BCUT2D eigenvalue weighted by atomic mass is 10.0. The molecule has 11 heteroatoms. The molecule has 0 aliphatic heterocycles. The van der Waals surface area contributed by atoms with Crippen LogP contribution in [0.3, 0.4) is 0 Å². The lowest BCUT2D eigenvalue weighted by molar-refractivity contribution is -0.117. The molecule has 1 amide bonds. The number of hydrogen-bond donors (Lipinski definition) is 1. The predicted molar refractivity (Wildman–Crippen MR) is 142 cm³/mol. The van der Waals surface area contributed by atoms with E-state index in [0.717, 1.165) is 0 Å². The molecule has 1 aromatic heterocycles. The van der Waals surface area contributed by atoms with E-state index in [1.807, 2.05) is 22.6 Å². The van der Waals surface area contributed by atoms with Gasteiger partial charge in [0.05, 0.1) is 23.1 Å². The molecule has 2 atom stereocenters. The van der Waals surface area contributed by atoms with Crippen molar-refractivity contribution in [3.8, 4) is 0 Å². The van der Waals surface area contributed by atoms with Gasteiger partial charge in [-0.1, -0.05) is 34.8 Å². The second-order valence-corrected chi connectivity index (χ2v) is 11.7. The molecule has 176 valence electrons. The fraction of sp³-hybridized carbons (Fsp3) is 0.174. The van der Waals surface area contributed by atoms with Crippen molar-refractivity contribution in [2.45, 2.75) is 16.7 Å². The molecule has 1 heterocycles. The minimum atomic E-state index is -1.35. The van der Waals surface area contributed by atoms with E-state index in [1.165, 1.54) is 24.4 Å². The van der Waals surface area contributed by atoms with Crippen molar-refractivity contribution in [3.05, 3.63) is 89.9 Å². The van der Waals surface area contributed by atoms with Crippen molar-refractivity contribution >= 4 is 98.0 Å². The van der Waals surface area contributed by atoms with Crippen molar-refractivity contribution in [2.75, 3.05) is 5.32 Å². The molecule has 3 aromatic rings. The largest absolute Gasteiger partial charge is 0.326 e. The number of carbonyl (C=O) groups excluding carboxylic acids is 2. The first-order chi connectivity index (χ1) is 16.0. The molecule has 2 unspecified atom stereocenters. The lowest BCUT2D eigenvalue weighted by Gasteiger charge is -2.09. The highest BCUT2D eigenvalue weighted by Gasteiger charge is 2.67. The van der Waals surface area contributed by atoms with Gasteiger partial charge in [0.2, 0.25) is 5.91 Å². The number of nitrogens with one attached hydrogen (secondary N) is 1. The summed E-state index contributed by atoms with van der Waals surface area (Å²) in [5.41, 5.74) is 1.08. The number of aromatic nitrogens is 1. The number of halogens is 7. The Bertz CT molecular complexity index is 1300. The van der Waals surface area contributed by atoms with Crippen molar-refractivity contribution in [1.29, 1.82) is 0 Å². The molecule has 1 saturated carbocycles. The molecule has 1 fully saturated rings. The number of nitrogens with zero attached hydrogens (tertiary/aromatic N) is 1. The molecule has 0 saturated heterocycles. The van der Waals surface area contributed by atoms with Gasteiger partial charge in [0.1, 0.15) is 10.2 Å². The number of carbonyl (C=O) groups is 2. The summed E-state index contributed by atoms with van der Waals surface area (Å²) in [6, 6.07) is 10.6. The molecule has 1 aliphatic carbocycles. The van der Waals surface area contributed by atoms with Gasteiger partial charge in [0.25, 0.3) is 0 Å². The minimum absolute atomic E-state index is 0.00555. The summed E-state index contributed by atoms with van der Waals surface area (Å²) in [7, 11) is 0. The van der Waals surface area contributed by atoms with Crippen LogP contribution in [0, 0.1) is 15.3 Å². The van der Waals surface area contributed by atoms with Crippen molar-refractivity contribution in [2.24, 2.45) is 5.92 Å². The fourth-order valence-electron chi connectivity index (χ4n) is 3.68. The zero-order valence-corrected chi connectivity index (χ0v) is 22.8. The maximum Gasteiger partial charge on any atom is 0.231 e. The second kappa shape index (κ2) is 10.1. The number of pyridine rings is 1. The SMILES string of the molecule is O=C(Cc1ncc(I)cc1F)c1cc(NC(=O)C2C(c3cc(Cl)cc(Cl)c3)C2(Cl)Cl)ccc1Cl. The number of rotatable bonds is 6. The van der Waals surface area contributed by atoms with Gasteiger partial charge in [-0.25, -0.2) is 4.39 Å². The summed E-state index contributed by atoms with van der Waals surface area (Å²) >= 11 is 33.0. The van der Waals surface area contributed by atoms with E-state index in [0.29, 0.717) is 24.9 Å². The Morgan fingerprint density at radius 3 is 2.38 bits per heavy atom. The summed E-state index contributed by atoms with van der Waals surface area (Å²) in [5.74, 6) is -2.77. The van der Waals surface area contributed by atoms with E-state index in [2.05, 4.69) is 10.3 Å². The minimum Gasteiger partial charge on any atom is -0.326 e. The zero-order chi connectivity index (χ0) is 24.8. The van der Waals surface area contributed by atoms with E-state index < -0.39 is 33.7 Å². The normalized spacial score (nSPS) is 18.4. The molecule has 34 heavy (non-hydrogen) atoms. The van der Waals surface area contributed by atoms with Gasteiger partial charge in [0, 0.05) is 37.0 Å². The van der Waals surface area contributed by atoms with Gasteiger partial charge in [0.15, 0.2) is 5.78 Å². The number of ketones is 1. The summed E-state index contributed by atoms with van der Waals surface area (Å²) in [5, 5.41) is 3.68. The van der Waals surface area contributed by atoms with Crippen LogP contribution in [0.15, 0.2) is 48.7 Å². The Morgan fingerprint density at radius 2 is 1.74 bits per heavy atom. The fourth-order valence-corrected chi connectivity index (χ4v) is 5.69. The molecule has 0 radical (unpaired) electrons. The third kappa shape index (κ3) is 5.47. The number of amides is 1. The standard InChI is InChI=1S/C23H13Cl5FIN2O2/c24-11-3-10(4-12(25)5-11)20-21(23(20,27)28)22(34)32-14-1-2-16(26)15(7-14)19(33)8-18-17(29)6-13(30)9-31-18/h1-7,9,20-21H,8H2,(H,32,34). The highest BCUT2D eigenvalue weighted by atomic mass is 127. The molecule has 1 N–H and O–H groups in total. The smallest absolute Gasteiger partial charge is 0.231 e. The third-order valence-corrected chi connectivity index (χ3v) is 7.62. The Labute approximate surface area is 233 Å². The quantitative estimate of drug-likeness (QED) is 0.166. The van der Waals surface area contributed by atoms with Gasteiger partial charge in [-0.05, 0) is 70.6 Å². The monoisotopic (exact) mass is 670 g/mol. The maximum absolute atomic E-state index is 14.1. The van der Waals surface area contributed by atoms with Crippen LogP contribution in [0.1, 0.15) is 27.5 Å². The molecule has 0 spiro atoms. The Kier molecular flexibility index (Phi) is 7.68. The van der Waals surface area contributed by atoms with Crippen LogP contribution in [0.2, 0.25) is 15.1 Å². The molecule has 0 bridgehead atoms. The molecular formula is C23H13Cl5FIN2O2. The summed E-state index contributed by atoms with van der Waals surface area (Å²) in [4.78, 5) is 29.7. The Hall–Kier alpha value is -1.16. The number of hydrogen-bond acceptors (Lipinski definition) is 3. The number of alkyl halides is 2. The van der Waals surface area contributed by atoms with Crippen LogP contribution in [-0.4, -0.2) is 21.0 Å². The highest BCUT2D eigenvalue weighted by molar-refractivity contribution is 14.1. The number of Topliss-reactive ketones (excluding diaryl/α,β-unsaturated/α-hetero) is 1. The first kappa shape index (κ1) is 25.9. The molecule has 4 nitrogen and oxygen atoms in total. The topological polar surface area (TPSA) is 59.1 Å². The molecule has 1 aliphatic rings. The highest BCUT2D eigenvalue weighted by Crippen LogP contribution is 2.65. The molecular weight excluding hydrogens is 659 g/mol. The van der Waals surface area contributed by atoms with Crippen LogP contribution in [0.4, 0.5) is 10.1 Å². The van der Waals surface area contributed by atoms with E-state index in [1.54, 1.807) is 24.3 Å². The van der Waals surface area contributed by atoms with Crippen molar-refractivity contribution in [3.63, 3.8) is 0 Å². The van der Waals surface area contributed by atoms with Crippen LogP contribution >= 0.6 is 80.6 Å². The van der Waals surface area contributed by atoms with E-state index in [4.69, 9.17) is 58.0 Å². The van der Waals surface area contributed by atoms with E-state index in [9.17, 15) is 14.0 Å². The molecule has 2 aromatic carbocycles. The van der Waals surface area contributed by atoms with Gasteiger partial charge in [-0.15, -0.1) is 23.2 Å². The number of anilines is 1.